The van der Waals surface area contributed by atoms with Crippen molar-refractivity contribution in [1.29, 1.82) is 0 Å². The van der Waals surface area contributed by atoms with Crippen molar-refractivity contribution in [1.82, 2.24) is 4.98 Å². The Kier molecular flexibility index (Phi) is 2.97. The van der Waals surface area contributed by atoms with E-state index in [-0.39, 0.29) is 0 Å². The Bertz CT molecular complexity index is 483. The monoisotopic (exact) mass is 232 g/mol. The molecule has 3 heteroatoms. The summed E-state index contributed by atoms with van der Waals surface area (Å²) < 4.78 is 0. The summed E-state index contributed by atoms with van der Waals surface area (Å²) in [6.07, 6.45) is 0. The van der Waals surface area contributed by atoms with E-state index in [4.69, 9.17) is 5.73 Å². The Labute approximate surface area is 100 Å². The van der Waals surface area contributed by atoms with Crippen LogP contribution in [0.25, 0.3) is 11.3 Å². The predicted molar refractivity (Wildman–Crippen MR) is 70.8 cm³/mol. The van der Waals surface area contributed by atoms with Crippen LogP contribution in [0, 0.1) is 6.92 Å². The fourth-order valence-electron chi connectivity index (χ4n) is 1.51. The highest BCUT2D eigenvalue weighted by molar-refractivity contribution is 7.16. The molecule has 0 aliphatic rings. The molecule has 84 valence electrons. The quantitative estimate of drug-likeness (QED) is 0.854. The lowest BCUT2D eigenvalue weighted by Crippen LogP contribution is -1.87. The van der Waals surface area contributed by atoms with Gasteiger partial charge in [0.15, 0.2) is 0 Å². The summed E-state index contributed by atoms with van der Waals surface area (Å²) in [4.78, 5) is 4.60. The zero-order valence-electron chi connectivity index (χ0n) is 9.82. The van der Waals surface area contributed by atoms with Gasteiger partial charge in [-0.25, -0.2) is 4.98 Å². The Hall–Kier alpha value is -1.35. The van der Waals surface area contributed by atoms with Gasteiger partial charge in [0.25, 0.3) is 0 Å². The smallest absolute Gasteiger partial charge is 0.114 e. The van der Waals surface area contributed by atoms with Crippen molar-refractivity contribution < 1.29 is 0 Å². The average molecular weight is 232 g/mol. The number of nitrogens with zero attached hydrogens (tertiary/aromatic N) is 1. The van der Waals surface area contributed by atoms with Gasteiger partial charge in [-0.3, -0.25) is 0 Å². The van der Waals surface area contributed by atoms with Gasteiger partial charge in [-0.15, -0.1) is 11.3 Å². The van der Waals surface area contributed by atoms with Gasteiger partial charge in [-0.05, 0) is 6.92 Å². The van der Waals surface area contributed by atoms with E-state index in [0.717, 1.165) is 21.3 Å². The molecule has 2 N–H and O–H groups in total. The van der Waals surface area contributed by atoms with Gasteiger partial charge in [-0.1, -0.05) is 43.7 Å². The van der Waals surface area contributed by atoms with Crippen LogP contribution >= 0.6 is 11.3 Å². The lowest BCUT2D eigenvalue weighted by Gasteiger charge is -1.99. The van der Waals surface area contributed by atoms with Crippen LogP contribution in [0.4, 0.5) is 5.00 Å². The second-order valence-corrected chi connectivity index (χ2v) is 5.35. The normalized spacial score (nSPS) is 11.0. The number of aryl methyl sites for hydroxylation is 1. The van der Waals surface area contributed by atoms with Crippen LogP contribution in [0.2, 0.25) is 0 Å². The van der Waals surface area contributed by atoms with E-state index in [2.05, 4.69) is 50.0 Å². The van der Waals surface area contributed by atoms with E-state index in [1.807, 2.05) is 0 Å². The van der Waals surface area contributed by atoms with E-state index in [1.165, 1.54) is 5.56 Å². The highest BCUT2D eigenvalue weighted by Gasteiger charge is 2.12. The van der Waals surface area contributed by atoms with Crippen LogP contribution in [0.1, 0.15) is 30.3 Å². The van der Waals surface area contributed by atoms with Crippen molar-refractivity contribution in [3.8, 4) is 11.3 Å². The molecule has 0 saturated heterocycles. The third-order valence-electron chi connectivity index (χ3n) is 2.49. The van der Waals surface area contributed by atoms with Crippen LogP contribution in [0.3, 0.4) is 0 Å². The number of hydrogen-bond acceptors (Lipinski definition) is 3. The molecule has 0 bridgehead atoms. The highest BCUT2D eigenvalue weighted by atomic mass is 32.1. The van der Waals surface area contributed by atoms with E-state index in [9.17, 15) is 0 Å². The van der Waals surface area contributed by atoms with Crippen LogP contribution < -0.4 is 5.73 Å². The van der Waals surface area contributed by atoms with Gasteiger partial charge in [-0.2, -0.15) is 0 Å². The molecule has 0 atom stereocenters. The van der Waals surface area contributed by atoms with Gasteiger partial charge in [0.05, 0.1) is 5.01 Å². The molecule has 0 spiro atoms. The first-order valence-corrected chi connectivity index (χ1v) is 6.23. The Morgan fingerprint density at radius 3 is 2.31 bits per heavy atom. The Morgan fingerprint density at radius 2 is 1.81 bits per heavy atom. The minimum atomic E-state index is 0.437. The van der Waals surface area contributed by atoms with Crippen molar-refractivity contribution in [2.24, 2.45) is 0 Å². The molecular weight excluding hydrogens is 216 g/mol. The minimum Gasteiger partial charge on any atom is -0.389 e. The maximum atomic E-state index is 6.01. The average Bonchev–Trinajstić information content (AvgIpc) is 2.62. The Morgan fingerprint density at radius 1 is 1.19 bits per heavy atom. The maximum absolute atomic E-state index is 6.01. The molecule has 1 heterocycles. The van der Waals surface area contributed by atoms with E-state index >= 15 is 0 Å². The van der Waals surface area contributed by atoms with Crippen molar-refractivity contribution in [2.45, 2.75) is 26.7 Å². The number of aromatic nitrogens is 1. The van der Waals surface area contributed by atoms with Crippen LogP contribution in [0.5, 0.6) is 0 Å². The third kappa shape index (κ3) is 2.09. The maximum Gasteiger partial charge on any atom is 0.114 e. The number of thiazole rings is 1. The molecule has 0 aliphatic carbocycles. The second kappa shape index (κ2) is 4.26. The lowest BCUT2D eigenvalue weighted by atomic mass is 10.1. The summed E-state index contributed by atoms with van der Waals surface area (Å²) >= 11 is 1.59. The van der Waals surface area contributed by atoms with Crippen molar-refractivity contribution in [2.75, 3.05) is 5.73 Å². The molecule has 2 aromatic rings. The number of hydrogen-bond donors (Lipinski definition) is 1. The van der Waals surface area contributed by atoms with E-state index < -0.39 is 0 Å². The first-order chi connectivity index (χ1) is 7.58. The first kappa shape index (κ1) is 11.1. The number of anilines is 1. The van der Waals surface area contributed by atoms with E-state index in [0.29, 0.717) is 5.92 Å². The standard InChI is InChI=1S/C13H16N2S/c1-8(2)13-15-11(12(14)16-13)10-6-4-9(3)5-7-10/h4-8H,14H2,1-3H3. The van der Waals surface area contributed by atoms with Gasteiger partial charge < -0.3 is 5.73 Å². The lowest BCUT2D eigenvalue weighted by molar-refractivity contribution is 0.854. The minimum absolute atomic E-state index is 0.437. The molecule has 2 rings (SSSR count). The molecule has 0 unspecified atom stereocenters. The van der Waals surface area contributed by atoms with Crippen molar-refractivity contribution >= 4 is 16.3 Å². The summed E-state index contributed by atoms with van der Waals surface area (Å²) in [5, 5.41) is 1.92. The number of rotatable bonds is 2. The van der Waals surface area contributed by atoms with Gasteiger partial charge in [0.1, 0.15) is 10.7 Å². The highest BCUT2D eigenvalue weighted by Crippen LogP contribution is 2.33. The fourth-order valence-corrected chi connectivity index (χ4v) is 2.37. The molecule has 2 nitrogen and oxygen atoms in total. The summed E-state index contributed by atoms with van der Waals surface area (Å²) in [5.74, 6) is 0.437. The van der Waals surface area contributed by atoms with Gasteiger partial charge in [0, 0.05) is 11.5 Å². The Balaban J connectivity index is 2.44. The van der Waals surface area contributed by atoms with Gasteiger partial charge >= 0.3 is 0 Å². The van der Waals surface area contributed by atoms with E-state index in [1.54, 1.807) is 11.3 Å². The molecule has 0 fully saturated rings. The summed E-state index contributed by atoms with van der Waals surface area (Å²) in [6.45, 7) is 6.35. The van der Waals surface area contributed by atoms with Crippen molar-refractivity contribution in [3.05, 3.63) is 34.8 Å². The molecule has 0 saturated carbocycles. The van der Waals surface area contributed by atoms with Crippen molar-refractivity contribution in [3.63, 3.8) is 0 Å². The number of nitrogens with two attached hydrogens (primary N) is 1. The molecule has 1 aromatic carbocycles. The second-order valence-electron chi connectivity index (χ2n) is 4.29. The topological polar surface area (TPSA) is 38.9 Å². The molecule has 0 aliphatic heterocycles. The number of benzene rings is 1. The van der Waals surface area contributed by atoms with Crippen LogP contribution in [0.15, 0.2) is 24.3 Å². The fraction of sp³-hybridized carbons (Fsp3) is 0.308. The van der Waals surface area contributed by atoms with Gasteiger partial charge in [0.2, 0.25) is 0 Å². The summed E-state index contributed by atoms with van der Waals surface area (Å²) in [7, 11) is 0. The van der Waals surface area contributed by atoms with Crippen LogP contribution in [-0.2, 0) is 0 Å². The third-order valence-corrected chi connectivity index (χ3v) is 3.67. The summed E-state index contributed by atoms with van der Waals surface area (Å²) in [5.41, 5.74) is 9.28. The number of nitrogen functional groups attached to an aromatic ring is 1. The zero-order chi connectivity index (χ0) is 11.7. The molecule has 1 aromatic heterocycles. The molecule has 0 radical (unpaired) electrons. The first-order valence-electron chi connectivity index (χ1n) is 5.41. The molecule has 16 heavy (non-hydrogen) atoms. The SMILES string of the molecule is Cc1ccc(-c2nc(C(C)C)sc2N)cc1. The largest absolute Gasteiger partial charge is 0.389 e. The zero-order valence-corrected chi connectivity index (χ0v) is 10.6. The van der Waals surface area contributed by atoms with Crippen LogP contribution in [-0.4, -0.2) is 4.98 Å². The molecule has 0 amide bonds. The summed E-state index contributed by atoms with van der Waals surface area (Å²) in [6, 6.07) is 8.32. The predicted octanol–water partition coefficient (Wildman–Crippen LogP) is 3.82. The molecular formula is C13H16N2S.